The zero-order valence-electron chi connectivity index (χ0n) is 4.85. The highest BCUT2D eigenvalue weighted by Crippen LogP contribution is 2.15. The molecule has 1 unspecified atom stereocenters. The van der Waals surface area contributed by atoms with Crippen LogP contribution in [-0.4, -0.2) is 22.9 Å². The first kappa shape index (κ1) is 9.86. The summed E-state index contributed by atoms with van der Waals surface area (Å²) in [6.07, 6.45) is -4.65. The number of rotatable bonds is 3. The molecular formula is C3H6F3NO2S. The van der Waals surface area contributed by atoms with E-state index in [0.717, 1.165) is 0 Å². The third-order valence-corrected chi connectivity index (χ3v) is 1.12. The van der Waals surface area contributed by atoms with Crippen molar-refractivity contribution in [1.29, 1.82) is 0 Å². The molecule has 62 valence electrons. The second-order valence-electron chi connectivity index (χ2n) is 1.38. The van der Waals surface area contributed by atoms with E-state index in [0.29, 0.717) is 0 Å². The van der Waals surface area contributed by atoms with Crippen LogP contribution in [-0.2, 0) is 15.7 Å². The van der Waals surface area contributed by atoms with Crippen LogP contribution in [0.4, 0.5) is 13.2 Å². The molecule has 0 rings (SSSR count). The summed E-state index contributed by atoms with van der Waals surface area (Å²) in [7, 11) is -1.73. The summed E-state index contributed by atoms with van der Waals surface area (Å²) in [5, 5.41) is 4.65. The predicted octanol–water partition coefficient (Wildman–Crippen LogP) is 0.145. The molecule has 0 fully saturated rings. The quantitative estimate of drug-likeness (QED) is 0.666. The third kappa shape index (κ3) is 7.86. The third-order valence-electron chi connectivity index (χ3n) is 0.550. The van der Waals surface area contributed by atoms with Crippen molar-refractivity contribution >= 4 is 11.0 Å². The Morgan fingerprint density at radius 2 is 2.00 bits per heavy atom. The van der Waals surface area contributed by atoms with Gasteiger partial charge in [-0.05, 0) is 0 Å². The Kier molecular flexibility index (Phi) is 3.84. The van der Waals surface area contributed by atoms with Gasteiger partial charge in [-0.1, -0.05) is 0 Å². The van der Waals surface area contributed by atoms with Crippen molar-refractivity contribution in [3.8, 4) is 0 Å². The molecule has 1 atom stereocenters. The summed E-state index contributed by atoms with van der Waals surface area (Å²) in [4.78, 5) is 0. The van der Waals surface area contributed by atoms with E-state index in [-0.39, 0.29) is 5.75 Å². The van der Waals surface area contributed by atoms with Gasteiger partial charge in [0.1, 0.15) is 0 Å². The normalized spacial score (nSPS) is 15.2. The molecule has 10 heavy (non-hydrogen) atoms. The summed E-state index contributed by atoms with van der Waals surface area (Å²) in [6, 6.07) is 0. The van der Waals surface area contributed by atoms with Crippen molar-refractivity contribution in [1.82, 2.24) is 0 Å². The van der Waals surface area contributed by atoms with Crippen molar-refractivity contribution < 1.29 is 22.1 Å². The number of alkyl halides is 3. The van der Waals surface area contributed by atoms with E-state index in [2.05, 4.69) is 9.88 Å². The van der Waals surface area contributed by atoms with Gasteiger partial charge in [-0.25, -0.2) is 4.21 Å². The van der Waals surface area contributed by atoms with E-state index >= 15 is 0 Å². The van der Waals surface area contributed by atoms with Crippen LogP contribution in [0.5, 0.6) is 0 Å². The fourth-order valence-corrected chi connectivity index (χ4v) is 0.487. The summed E-state index contributed by atoms with van der Waals surface area (Å²) < 4.78 is 46.7. The van der Waals surface area contributed by atoms with E-state index in [9.17, 15) is 17.4 Å². The molecule has 0 aliphatic heterocycles. The van der Waals surface area contributed by atoms with Gasteiger partial charge in [0.15, 0.2) is 0 Å². The van der Waals surface area contributed by atoms with E-state index < -0.39 is 24.0 Å². The van der Waals surface area contributed by atoms with Crippen LogP contribution >= 0.6 is 0 Å². The van der Waals surface area contributed by atoms with E-state index in [4.69, 9.17) is 0 Å². The Balaban J connectivity index is 3.29. The van der Waals surface area contributed by atoms with Gasteiger partial charge >= 0.3 is 6.36 Å². The first-order valence-corrected chi connectivity index (χ1v) is 3.63. The predicted molar refractivity (Wildman–Crippen MR) is 29.2 cm³/mol. The maximum atomic E-state index is 11.1. The lowest BCUT2D eigenvalue weighted by Gasteiger charge is -2.04. The van der Waals surface area contributed by atoms with Crippen LogP contribution < -0.4 is 5.14 Å². The van der Waals surface area contributed by atoms with Crippen LogP contribution in [0.2, 0.25) is 0 Å². The van der Waals surface area contributed by atoms with Crippen molar-refractivity contribution in [3.05, 3.63) is 0 Å². The smallest absolute Gasteiger partial charge is 0.291 e. The van der Waals surface area contributed by atoms with Gasteiger partial charge in [-0.3, -0.25) is 9.88 Å². The first-order valence-electron chi connectivity index (χ1n) is 2.25. The van der Waals surface area contributed by atoms with Gasteiger partial charge in [0.25, 0.3) is 0 Å². The molecule has 0 saturated heterocycles. The Bertz CT molecular complexity index is 125. The summed E-state index contributed by atoms with van der Waals surface area (Å²) in [5.74, 6) is -0.306. The molecule has 0 aliphatic carbocycles. The Hall–Kier alpha value is -0.140. The van der Waals surface area contributed by atoms with Gasteiger partial charge in [-0.2, -0.15) is 0 Å². The molecule has 0 heterocycles. The van der Waals surface area contributed by atoms with Crippen LogP contribution in [0.3, 0.4) is 0 Å². The zero-order chi connectivity index (χ0) is 8.20. The number of hydrogen-bond acceptors (Lipinski definition) is 2. The molecular weight excluding hydrogens is 171 g/mol. The lowest BCUT2D eigenvalue weighted by molar-refractivity contribution is -0.322. The lowest BCUT2D eigenvalue weighted by Crippen LogP contribution is -2.20. The molecule has 0 radical (unpaired) electrons. The van der Waals surface area contributed by atoms with Crippen molar-refractivity contribution in [2.45, 2.75) is 6.36 Å². The van der Waals surface area contributed by atoms with E-state index in [1.807, 2.05) is 0 Å². The molecule has 0 aromatic carbocycles. The maximum Gasteiger partial charge on any atom is 0.522 e. The minimum Gasteiger partial charge on any atom is -0.291 e. The Morgan fingerprint density at radius 3 is 2.30 bits per heavy atom. The minimum absolute atomic E-state index is 0.306. The molecule has 0 bridgehead atoms. The molecule has 0 spiro atoms. The largest absolute Gasteiger partial charge is 0.522 e. The van der Waals surface area contributed by atoms with Crippen LogP contribution in [0, 0.1) is 0 Å². The zero-order valence-corrected chi connectivity index (χ0v) is 5.67. The van der Waals surface area contributed by atoms with Gasteiger partial charge < -0.3 is 0 Å². The van der Waals surface area contributed by atoms with Gasteiger partial charge in [0.05, 0.1) is 23.3 Å². The highest BCUT2D eigenvalue weighted by molar-refractivity contribution is 7.82. The summed E-state index contributed by atoms with van der Waals surface area (Å²) >= 11 is 0. The average molecular weight is 177 g/mol. The maximum absolute atomic E-state index is 11.1. The van der Waals surface area contributed by atoms with Gasteiger partial charge in [-0.15, -0.1) is 13.2 Å². The number of hydrogen-bond donors (Lipinski definition) is 1. The highest BCUT2D eigenvalue weighted by Gasteiger charge is 2.28. The SMILES string of the molecule is NS(=O)CCOC(F)(F)F. The second kappa shape index (κ2) is 3.89. The van der Waals surface area contributed by atoms with Crippen molar-refractivity contribution in [2.75, 3.05) is 12.4 Å². The van der Waals surface area contributed by atoms with Crippen molar-refractivity contribution in [2.24, 2.45) is 5.14 Å². The van der Waals surface area contributed by atoms with Crippen LogP contribution in [0.15, 0.2) is 0 Å². The molecule has 7 heteroatoms. The topological polar surface area (TPSA) is 52.3 Å². The Labute approximate surface area is 57.9 Å². The van der Waals surface area contributed by atoms with Crippen molar-refractivity contribution in [3.63, 3.8) is 0 Å². The molecule has 0 amide bonds. The molecule has 2 N–H and O–H groups in total. The van der Waals surface area contributed by atoms with E-state index in [1.54, 1.807) is 0 Å². The van der Waals surface area contributed by atoms with Gasteiger partial charge in [0, 0.05) is 0 Å². The number of ether oxygens (including phenoxy) is 1. The molecule has 3 nitrogen and oxygen atoms in total. The fraction of sp³-hybridized carbons (Fsp3) is 1.00. The molecule has 0 aromatic rings. The van der Waals surface area contributed by atoms with E-state index in [1.165, 1.54) is 0 Å². The van der Waals surface area contributed by atoms with Crippen LogP contribution in [0.1, 0.15) is 0 Å². The average Bonchev–Trinajstić information content (AvgIpc) is 1.59. The lowest BCUT2D eigenvalue weighted by atomic mass is 10.9. The number of nitrogens with two attached hydrogens (primary N) is 1. The second-order valence-corrected chi connectivity index (χ2v) is 2.55. The van der Waals surface area contributed by atoms with Gasteiger partial charge in [0.2, 0.25) is 0 Å². The highest BCUT2D eigenvalue weighted by atomic mass is 32.2. The fourth-order valence-electron chi connectivity index (χ4n) is 0.240. The summed E-state index contributed by atoms with van der Waals surface area (Å²) in [5.41, 5.74) is 0. The summed E-state index contributed by atoms with van der Waals surface area (Å²) in [6.45, 7) is -0.660. The monoisotopic (exact) mass is 177 g/mol. The molecule has 0 saturated carbocycles. The standard InChI is InChI=1S/C3H6F3NO2S/c4-3(5,6)9-1-2-10(7)8/h1-2,7H2. The number of halogens is 3. The van der Waals surface area contributed by atoms with Crippen LogP contribution in [0.25, 0.3) is 0 Å². The first-order chi connectivity index (χ1) is 4.42. The minimum atomic E-state index is -4.65. The molecule has 0 aromatic heterocycles. The Morgan fingerprint density at radius 1 is 1.50 bits per heavy atom. The molecule has 0 aliphatic rings.